The van der Waals surface area contributed by atoms with Crippen LogP contribution in [-0.4, -0.2) is 18.1 Å². The Labute approximate surface area is 86.5 Å². The van der Waals surface area contributed by atoms with Crippen LogP contribution < -0.4 is 0 Å². The first-order chi connectivity index (χ1) is 6.81. The molecule has 0 aromatic heterocycles. The van der Waals surface area contributed by atoms with Gasteiger partial charge in [-0.1, -0.05) is 25.4 Å². The number of rotatable bonds is 0. The predicted molar refractivity (Wildman–Crippen MR) is 57.3 cm³/mol. The zero-order valence-electron chi connectivity index (χ0n) is 9.51. The van der Waals surface area contributed by atoms with Crippen molar-refractivity contribution in [2.75, 3.05) is 6.61 Å². The maximum atomic E-state index is 5.68. The molecule has 82 valence electrons. The van der Waals surface area contributed by atoms with Crippen LogP contribution in [0.1, 0.15) is 52.9 Å². The molecule has 2 aliphatic rings. The molecule has 0 N–H and O–H groups in total. The second kappa shape index (κ2) is 5.35. The van der Waals surface area contributed by atoms with Crippen LogP contribution in [0.4, 0.5) is 0 Å². The number of oxime groups is 1. The van der Waals surface area contributed by atoms with Gasteiger partial charge in [-0.2, -0.15) is 0 Å². The van der Waals surface area contributed by atoms with Crippen molar-refractivity contribution in [2.45, 2.75) is 58.7 Å². The summed E-state index contributed by atoms with van der Waals surface area (Å²) in [5, 5.41) is 3.95. The summed E-state index contributed by atoms with van der Waals surface area (Å²) >= 11 is 0. The van der Waals surface area contributed by atoms with Crippen molar-refractivity contribution in [3.05, 3.63) is 0 Å². The Balaban J connectivity index is 0.000000461. The highest BCUT2D eigenvalue weighted by molar-refractivity contribution is 5.83. The molecular formula is C11H21NO2. The lowest BCUT2D eigenvalue weighted by molar-refractivity contribution is -0.220. The minimum absolute atomic E-state index is 0.374. The Morgan fingerprint density at radius 1 is 1.21 bits per heavy atom. The number of ether oxygens (including phenoxy) is 1. The third-order valence-electron chi connectivity index (χ3n) is 2.46. The van der Waals surface area contributed by atoms with E-state index in [9.17, 15) is 0 Å². The number of hydrogen-bond acceptors (Lipinski definition) is 3. The fourth-order valence-electron chi connectivity index (χ4n) is 1.83. The molecular weight excluding hydrogens is 178 g/mol. The van der Waals surface area contributed by atoms with Crippen LogP contribution in [0.2, 0.25) is 0 Å². The Bertz CT molecular complexity index is 193. The van der Waals surface area contributed by atoms with Crippen molar-refractivity contribution < 1.29 is 9.57 Å². The van der Waals surface area contributed by atoms with E-state index in [0.29, 0.717) is 0 Å². The minimum atomic E-state index is -0.374. The zero-order valence-corrected chi connectivity index (χ0v) is 9.51. The quantitative estimate of drug-likeness (QED) is 0.600. The average Bonchev–Trinajstić information content (AvgIpc) is 2.44. The molecule has 0 aromatic carbocycles. The van der Waals surface area contributed by atoms with E-state index in [1.807, 2.05) is 20.8 Å². The molecule has 0 bridgehead atoms. The molecule has 0 saturated carbocycles. The second-order valence-electron chi connectivity index (χ2n) is 3.66. The van der Waals surface area contributed by atoms with Gasteiger partial charge in [-0.3, -0.25) is 0 Å². The van der Waals surface area contributed by atoms with Crippen molar-refractivity contribution in [2.24, 2.45) is 5.16 Å². The van der Waals surface area contributed by atoms with Crippen molar-refractivity contribution >= 4 is 5.71 Å². The third kappa shape index (κ3) is 2.71. The first-order valence-corrected chi connectivity index (χ1v) is 5.66. The smallest absolute Gasteiger partial charge is 0.242 e. The predicted octanol–water partition coefficient (Wildman–Crippen LogP) is 3.10. The van der Waals surface area contributed by atoms with Gasteiger partial charge in [0, 0.05) is 6.42 Å². The van der Waals surface area contributed by atoms with Crippen LogP contribution in [0, 0.1) is 0 Å². The molecule has 3 nitrogen and oxygen atoms in total. The molecule has 0 aliphatic carbocycles. The highest BCUT2D eigenvalue weighted by Gasteiger charge is 2.39. The summed E-state index contributed by atoms with van der Waals surface area (Å²) in [5.74, 6) is -0.374. The summed E-state index contributed by atoms with van der Waals surface area (Å²) in [6, 6.07) is 0. The fourth-order valence-corrected chi connectivity index (χ4v) is 1.83. The summed E-state index contributed by atoms with van der Waals surface area (Å²) in [5.41, 5.74) is 1.05. The van der Waals surface area contributed by atoms with Gasteiger partial charge in [0.1, 0.15) is 0 Å². The van der Waals surface area contributed by atoms with Gasteiger partial charge in [-0.15, -0.1) is 0 Å². The maximum absolute atomic E-state index is 5.68. The SMILES string of the molecule is CC.CC1=NOC2(CCCCCO2)C1. The minimum Gasteiger partial charge on any atom is -0.360 e. The Morgan fingerprint density at radius 3 is 2.64 bits per heavy atom. The number of hydrogen-bond donors (Lipinski definition) is 0. The summed E-state index contributed by atoms with van der Waals surface area (Å²) in [4.78, 5) is 5.34. The van der Waals surface area contributed by atoms with Crippen molar-refractivity contribution in [3.63, 3.8) is 0 Å². The summed E-state index contributed by atoms with van der Waals surface area (Å²) in [7, 11) is 0. The van der Waals surface area contributed by atoms with Crippen LogP contribution in [-0.2, 0) is 9.57 Å². The summed E-state index contributed by atoms with van der Waals surface area (Å²) in [6.07, 6.45) is 5.46. The van der Waals surface area contributed by atoms with E-state index in [1.165, 1.54) is 12.8 Å². The Morgan fingerprint density at radius 2 is 2.00 bits per heavy atom. The van der Waals surface area contributed by atoms with Crippen molar-refractivity contribution in [1.29, 1.82) is 0 Å². The third-order valence-corrected chi connectivity index (χ3v) is 2.46. The molecule has 3 heteroatoms. The maximum Gasteiger partial charge on any atom is 0.242 e. The molecule has 1 unspecified atom stereocenters. The summed E-state index contributed by atoms with van der Waals surface area (Å²) < 4.78 is 5.68. The standard InChI is InChI=1S/C9H15NO2.C2H6/c1-8-7-9(12-10-8)5-3-2-4-6-11-9;1-2/h2-7H2,1H3;1-2H3. The highest BCUT2D eigenvalue weighted by atomic mass is 16.8. The topological polar surface area (TPSA) is 30.8 Å². The van der Waals surface area contributed by atoms with Crippen molar-refractivity contribution in [1.82, 2.24) is 0 Å². The van der Waals surface area contributed by atoms with E-state index < -0.39 is 0 Å². The van der Waals surface area contributed by atoms with Crippen LogP contribution in [0.15, 0.2) is 5.16 Å². The lowest BCUT2D eigenvalue weighted by Crippen LogP contribution is -2.31. The second-order valence-corrected chi connectivity index (χ2v) is 3.66. The molecule has 2 heterocycles. The highest BCUT2D eigenvalue weighted by Crippen LogP contribution is 2.33. The molecule has 2 rings (SSSR count). The zero-order chi connectivity index (χ0) is 10.4. The first kappa shape index (κ1) is 11.5. The molecule has 1 atom stereocenters. The van der Waals surface area contributed by atoms with Crippen LogP contribution in [0.3, 0.4) is 0 Å². The molecule has 0 aromatic rings. The van der Waals surface area contributed by atoms with Gasteiger partial charge in [0.25, 0.3) is 0 Å². The fraction of sp³-hybridized carbons (Fsp3) is 0.909. The monoisotopic (exact) mass is 199 g/mol. The van der Waals surface area contributed by atoms with Gasteiger partial charge in [-0.05, 0) is 19.8 Å². The van der Waals surface area contributed by atoms with Gasteiger partial charge in [-0.25, -0.2) is 0 Å². The van der Waals surface area contributed by atoms with E-state index in [1.54, 1.807) is 0 Å². The molecule has 0 radical (unpaired) electrons. The Hall–Kier alpha value is -0.570. The van der Waals surface area contributed by atoms with Gasteiger partial charge in [0.15, 0.2) is 0 Å². The lowest BCUT2D eigenvalue weighted by atomic mass is 10.0. The van der Waals surface area contributed by atoms with Crippen molar-refractivity contribution in [3.8, 4) is 0 Å². The molecule has 1 fully saturated rings. The van der Waals surface area contributed by atoms with E-state index in [2.05, 4.69) is 5.16 Å². The molecule has 1 spiro atoms. The van der Waals surface area contributed by atoms with Gasteiger partial charge < -0.3 is 9.57 Å². The normalized spacial score (nSPS) is 31.2. The molecule has 0 amide bonds. The number of nitrogens with zero attached hydrogens (tertiary/aromatic N) is 1. The van der Waals surface area contributed by atoms with E-state index in [-0.39, 0.29) is 5.79 Å². The largest absolute Gasteiger partial charge is 0.360 e. The van der Waals surface area contributed by atoms with Gasteiger partial charge >= 0.3 is 0 Å². The first-order valence-electron chi connectivity index (χ1n) is 5.66. The lowest BCUT2D eigenvalue weighted by Gasteiger charge is -2.24. The van der Waals surface area contributed by atoms with Crippen LogP contribution in [0.5, 0.6) is 0 Å². The summed E-state index contributed by atoms with van der Waals surface area (Å²) in [6.45, 7) is 6.81. The van der Waals surface area contributed by atoms with Gasteiger partial charge in [0.2, 0.25) is 5.79 Å². The Kier molecular flexibility index (Phi) is 4.39. The van der Waals surface area contributed by atoms with E-state index in [4.69, 9.17) is 9.57 Å². The molecule has 2 aliphatic heterocycles. The van der Waals surface area contributed by atoms with E-state index in [0.717, 1.165) is 31.6 Å². The van der Waals surface area contributed by atoms with E-state index >= 15 is 0 Å². The van der Waals surface area contributed by atoms with Gasteiger partial charge in [0.05, 0.1) is 18.7 Å². The molecule has 1 saturated heterocycles. The average molecular weight is 199 g/mol. The molecule has 14 heavy (non-hydrogen) atoms. The van der Waals surface area contributed by atoms with Crippen LogP contribution >= 0.6 is 0 Å². The van der Waals surface area contributed by atoms with Crippen LogP contribution in [0.25, 0.3) is 0 Å².